The van der Waals surface area contributed by atoms with Crippen molar-refractivity contribution in [1.82, 2.24) is 15.1 Å². The molecule has 1 aromatic heterocycles. The smallest absolute Gasteiger partial charge is 0.272 e. The maximum Gasteiger partial charge on any atom is 0.272 e. The zero-order valence-corrected chi connectivity index (χ0v) is 11.8. The predicted molar refractivity (Wildman–Crippen MR) is 78.1 cm³/mol. The lowest BCUT2D eigenvalue weighted by molar-refractivity contribution is -0.138. The number of ether oxygens (including phenoxy) is 1. The minimum absolute atomic E-state index is 0.00972. The van der Waals surface area contributed by atoms with E-state index in [-0.39, 0.29) is 23.9 Å². The number of aromatic nitrogens is 2. The number of rotatable bonds is 2. The lowest BCUT2D eigenvalue weighted by atomic mass is 10.1. The van der Waals surface area contributed by atoms with E-state index in [4.69, 9.17) is 4.74 Å². The number of nitrogens with one attached hydrogen (secondary N) is 1. The van der Waals surface area contributed by atoms with E-state index in [0.29, 0.717) is 30.8 Å². The number of fused-ring (bicyclic) bond motifs is 1. The van der Waals surface area contributed by atoms with Crippen molar-refractivity contribution in [3.8, 4) is 0 Å². The van der Waals surface area contributed by atoms with Crippen molar-refractivity contribution >= 4 is 16.7 Å². The summed E-state index contributed by atoms with van der Waals surface area (Å²) in [6, 6.07) is 7.27. The molecular formula is C15H17N3O3. The molecule has 1 atom stereocenters. The third-order valence-electron chi connectivity index (χ3n) is 3.78. The molecule has 0 unspecified atom stereocenters. The van der Waals surface area contributed by atoms with Crippen molar-refractivity contribution in [2.24, 2.45) is 0 Å². The van der Waals surface area contributed by atoms with Crippen LogP contribution >= 0.6 is 0 Å². The van der Waals surface area contributed by atoms with E-state index in [1.807, 2.05) is 24.0 Å². The maximum atomic E-state index is 12.4. The monoisotopic (exact) mass is 287 g/mol. The number of aromatic amines is 1. The summed E-state index contributed by atoms with van der Waals surface area (Å²) in [5.41, 5.74) is 0.371. The maximum absolute atomic E-state index is 12.4. The van der Waals surface area contributed by atoms with Crippen LogP contribution in [0, 0.1) is 0 Å². The van der Waals surface area contributed by atoms with E-state index in [2.05, 4.69) is 10.2 Å². The molecule has 0 spiro atoms. The molecule has 0 radical (unpaired) electrons. The number of nitrogens with zero attached hydrogens (tertiary/aromatic N) is 2. The van der Waals surface area contributed by atoms with Gasteiger partial charge in [0.2, 0.25) is 5.91 Å². The Labute approximate surface area is 121 Å². The van der Waals surface area contributed by atoms with Crippen LogP contribution in [0.25, 0.3) is 10.8 Å². The van der Waals surface area contributed by atoms with Gasteiger partial charge in [0.1, 0.15) is 0 Å². The quantitative estimate of drug-likeness (QED) is 0.883. The van der Waals surface area contributed by atoms with Gasteiger partial charge < -0.3 is 9.64 Å². The molecule has 110 valence electrons. The molecule has 0 bridgehead atoms. The highest BCUT2D eigenvalue weighted by molar-refractivity contribution is 5.88. The first-order valence-electron chi connectivity index (χ1n) is 7.00. The number of amides is 1. The average Bonchev–Trinajstić information content (AvgIpc) is 2.51. The second-order valence-electron chi connectivity index (χ2n) is 5.23. The lowest BCUT2D eigenvalue weighted by Crippen LogP contribution is -2.47. The fourth-order valence-electron chi connectivity index (χ4n) is 2.65. The Balaban J connectivity index is 1.90. The summed E-state index contributed by atoms with van der Waals surface area (Å²) in [6.07, 6.45) is 0.182. The lowest BCUT2D eigenvalue weighted by Gasteiger charge is -2.33. The number of benzene rings is 1. The molecule has 1 fully saturated rings. The van der Waals surface area contributed by atoms with E-state index in [1.54, 1.807) is 12.1 Å². The summed E-state index contributed by atoms with van der Waals surface area (Å²) >= 11 is 0. The van der Waals surface area contributed by atoms with Gasteiger partial charge in [-0.25, -0.2) is 5.10 Å². The molecular weight excluding hydrogens is 270 g/mol. The summed E-state index contributed by atoms with van der Waals surface area (Å²) in [5, 5.41) is 7.80. The molecule has 2 heterocycles. The molecule has 1 saturated heterocycles. The molecule has 1 amide bonds. The van der Waals surface area contributed by atoms with Crippen molar-refractivity contribution in [3.05, 3.63) is 40.3 Å². The van der Waals surface area contributed by atoms with Crippen molar-refractivity contribution in [3.63, 3.8) is 0 Å². The second-order valence-corrected chi connectivity index (χ2v) is 5.23. The van der Waals surface area contributed by atoms with Crippen LogP contribution in [0.1, 0.15) is 12.6 Å². The second kappa shape index (κ2) is 5.65. The largest absolute Gasteiger partial charge is 0.377 e. The third kappa shape index (κ3) is 2.67. The van der Waals surface area contributed by atoms with E-state index in [9.17, 15) is 9.59 Å². The molecule has 6 nitrogen and oxygen atoms in total. The van der Waals surface area contributed by atoms with E-state index in [1.165, 1.54) is 0 Å². The van der Waals surface area contributed by atoms with Crippen LogP contribution in [0.4, 0.5) is 0 Å². The Bertz CT molecular complexity index is 725. The van der Waals surface area contributed by atoms with Gasteiger partial charge >= 0.3 is 0 Å². The summed E-state index contributed by atoms with van der Waals surface area (Å²) < 4.78 is 5.34. The van der Waals surface area contributed by atoms with Crippen molar-refractivity contribution < 1.29 is 9.53 Å². The average molecular weight is 287 g/mol. The van der Waals surface area contributed by atoms with Gasteiger partial charge in [-0.3, -0.25) is 9.59 Å². The van der Waals surface area contributed by atoms with Gasteiger partial charge in [-0.15, -0.1) is 0 Å². The number of H-pyrrole nitrogens is 1. The topological polar surface area (TPSA) is 75.3 Å². The summed E-state index contributed by atoms with van der Waals surface area (Å²) in [6.45, 7) is 3.69. The molecule has 21 heavy (non-hydrogen) atoms. The number of carbonyl (C=O) groups is 1. The van der Waals surface area contributed by atoms with Crippen LogP contribution in [0.3, 0.4) is 0 Å². The van der Waals surface area contributed by atoms with Crippen LogP contribution < -0.4 is 5.56 Å². The zero-order valence-electron chi connectivity index (χ0n) is 11.8. The van der Waals surface area contributed by atoms with Gasteiger partial charge in [-0.2, -0.15) is 5.10 Å². The standard InChI is InChI=1S/C15H17N3O3/c1-10-9-21-7-6-18(10)14(19)8-13-11-4-2-3-5-12(11)15(20)17-16-13/h2-5,10H,6-9H2,1H3,(H,17,20)/t10-/m1/s1. The van der Waals surface area contributed by atoms with Crippen LogP contribution in [0.2, 0.25) is 0 Å². The molecule has 1 aliphatic heterocycles. The Morgan fingerprint density at radius 2 is 2.19 bits per heavy atom. The van der Waals surface area contributed by atoms with Gasteiger partial charge in [0.15, 0.2) is 0 Å². The van der Waals surface area contributed by atoms with Gasteiger partial charge in [0, 0.05) is 11.9 Å². The third-order valence-corrected chi connectivity index (χ3v) is 3.78. The van der Waals surface area contributed by atoms with E-state index in [0.717, 1.165) is 5.39 Å². The summed E-state index contributed by atoms with van der Waals surface area (Å²) in [4.78, 5) is 26.0. The van der Waals surface area contributed by atoms with Crippen LogP contribution in [-0.2, 0) is 16.0 Å². The van der Waals surface area contributed by atoms with Crippen LogP contribution in [-0.4, -0.2) is 46.8 Å². The van der Waals surface area contributed by atoms with E-state index < -0.39 is 0 Å². The fourth-order valence-corrected chi connectivity index (χ4v) is 2.65. The molecule has 3 rings (SSSR count). The normalized spacial score (nSPS) is 18.9. The van der Waals surface area contributed by atoms with E-state index >= 15 is 0 Å². The van der Waals surface area contributed by atoms with Crippen molar-refractivity contribution in [2.75, 3.05) is 19.8 Å². The minimum Gasteiger partial charge on any atom is -0.377 e. The Morgan fingerprint density at radius 3 is 2.95 bits per heavy atom. The summed E-state index contributed by atoms with van der Waals surface area (Å²) in [7, 11) is 0. The molecule has 2 aromatic rings. The number of hydrogen-bond acceptors (Lipinski definition) is 4. The van der Waals surface area contributed by atoms with Gasteiger partial charge in [0.05, 0.1) is 36.8 Å². The highest BCUT2D eigenvalue weighted by atomic mass is 16.5. The fraction of sp³-hybridized carbons (Fsp3) is 0.400. The molecule has 1 aliphatic rings. The minimum atomic E-state index is -0.235. The van der Waals surface area contributed by atoms with Gasteiger partial charge in [-0.1, -0.05) is 18.2 Å². The Morgan fingerprint density at radius 1 is 1.43 bits per heavy atom. The Hall–Kier alpha value is -2.21. The first-order valence-corrected chi connectivity index (χ1v) is 7.00. The SMILES string of the molecule is C[C@@H]1COCCN1C(=O)Cc1n[nH]c(=O)c2ccccc12. The highest BCUT2D eigenvalue weighted by Crippen LogP contribution is 2.15. The molecule has 6 heteroatoms. The van der Waals surface area contributed by atoms with Crippen LogP contribution in [0.15, 0.2) is 29.1 Å². The first kappa shape index (κ1) is 13.8. The number of carbonyl (C=O) groups excluding carboxylic acids is 1. The number of hydrogen-bond donors (Lipinski definition) is 1. The van der Waals surface area contributed by atoms with Gasteiger partial charge in [-0.05, 0) is 13.0 Å². The molecule has 1 N–H and O–H groups in total. The zero-order chi connectivity index (χ0) is 14.8. The van der Waals surface area contributed by atoms with Crippen molar-refractivity contribution in [1.29, 1.82) is 0 Å². The summed E-state index contributed by atoms with van der Waals surface area (Å²) in [5.74, 6) is 0.00972. The predicted octanol–water partition coefficient (Wildman–Crippen LogP) is 0.713. The first-order chi connectivity index (χ1) is 10.2. The van der Waals surface area contributed by atoms with Gasteiger partial charge in [0.25, 0.3) is 5.56 Å². The van der Waals surface area contributed by atoms with Crippen LogP contribution in [0.5, 0.6) is 0 Å². The Kier molecular flexibility index (Phi) is 3.70. The molecule has 1 aromatic carbocycles. The molecule has 0 aliphatic carbocycles. The van der Waals surface area contributed by atoms with Crippen molar-refractivity contribution in [2.45, 2.75) is 19.4 Å². The molecule has 0 saturated carbocycles. The number of morpholine rings is 1. The highest BCUT2D eigenvalue weighted by Gasteiger charge is 2.24.